The lowest BCUT2D eigenvalue weighted by Crippen LogP contribution is -2.27. The Labute approximate surface area is 133 Å². The molecule has 0 aliphatic rings. The van der Waals surface area contributed by atoms with Gasteiger partial charge in [0.25, 0.3) is 0 Å². The monoisotopic (exact) mass is 321 g/mol. The third-order valence-corrected chi connectivity index (χ3v) is 3.53. The van der Waals surface area contributed by atoms with E-state index in [4.69, 9.17) is 9.84 Å². The van der Waals surface area contributed by atoms with E-state index in [1.54, 1.807) is 0 Å². The summed E-state index contributed by atoms with van der Waals surface area (Å²) < 4.78 is 9.30. The number of anilines is 1. The van der Waals surface area contributed by atoms with Gasteiger partial charge in [0, 0.05) is 11.3 Å². The molecule has 2 rings (SSSR count). The molecule has 118 valence electrons. The van der Waals surface area contributed by atoms with Gasteiger partial charge in [-0.1, -0.05) is 12.1 Å². The summed E-state index contributed by atoms with van der Waals surface area (Å²) in [6.45, 7) is 7.15. The van der Waals surface area contributed by atoms with Crippen LogP contribution in [0.15, 0.2) is 18.2 Å². The van der Waals surface area contributed by atoms with Crippen molar-refractivity contribution in [2.45, 2.75) is 39.9 Å². The number of amides is 1. The van der Waals surface area contributed by atoms with Crippen molar-refractivity contribution in [3.8, 4) is 10.6 Å². The van der Waals surface area contributed by atoms with Crippen molar-refractivity contribution in [2.75, 3.05) is 5.32 Å². The average molecular weight is 321 g/mol. The largest absolute Gasteiger partial charge is 0.444 e. The van der Waals surface area contributed by atoms with Gasteiger partial charge in [-0.2, -0.15) is 4.37 Å². The van der Waals surface area contributed by atoms with Gasteiger partial charge in [0.2, 0.25) is 0 Å². The van der Waals surface area contributed by atoms with E-state index in [0.717, 1.165) is 11.1 Å². The molecule has 0 bridgehead atoms. The molecular formula is C15H19N3O3S. The van der Waals surface area contributed by atoms with Crippen LogP contribution >= 0.6 is 11.5 Å². The summed E-state index contributed by atoms with van der Waals surface area (Å²) >= 11 is 1.21. The number of rotatable bonds is 3. The lowest BCUT2D eigenvalue weighted by Gasteiger charge is -2.20. The number of hydrogen-bond donors (Lipinski definition) is 2. The zero-order valence-electron chi connectivity index (χ0n) is 13.0. The molecule has 0 fully saturated rings. The van der Waals surface area contributed by atoms with Gasteiger partial charge in [-0.3, -0.25) is 5.32 Å². The molecule has 1 aromatic heterocycles. The number of aliphatic hydroxyl groups excluding tert-OH is 1. The third kappa shape index (κ3) is 4.25. The van der Waals surface area contributed by atoms with Crippen LogP contribution in [0.25, 0.3) is 10.6 Å². The normalized spacial score (nSPS) is 11.3. The molecule has 22 heavy (non-hydrogen) atoms. The van der Waals surface area contributed by atoms with Crippen LogP contribution in [-0.4, -0.2) is 26.2 Å². The number of carbonyl (C=O) groups is 1. The minimum absolute atomic E-state index is 0.189. The number of aromatic nitrogens is 2. The van der Waals surface area contributed by atoms with Gasteiger partial charge >= 0.3 is 6.09 Å². The van der Waals surface area contributed by atoms with E-state index in [1.165, 1.54) is 11.5 Å². The maximum absolute atomic E-state index is 11.9. The maximum Gasteiger partial charge on any atom is 0.412 e. The van der Waals surface area contributed by atoms with Crippen molar-refractivity contribution < 1.29 is 14.6 Å². The number of nitrogens with zero attached hydrogens (tertiary/aromatic N) is 2. The number of carbonyl (C=O) groups excluding carboxylic acids is 1. The van der Waals surface area contributed by atoms with Crippen molar-refractivity contribution in [3.63, 3.8) is 0 Å². The van der Waals surface area contributed by atoms with E-state index in [0.29, 0.717) is 16.5 Å². The number of nitrogens with one attached hydrogen (secondary N) is 1. The van der Waals surface area contributed by atoms with Crippen LogP contribution in [0.1, 0.15) is 32.2 Å². The number of aliphatic hydroxyl groups is 1. The number of ether oxygens (including phenoxy) is 1. The van der Waals surface area contributed by atoms with Crippen LogP contribution in [0, 0.1) is 6.92 Å². The van der Waals surface area contributed by atoms with E-state index >= 15 is 0 Å². The summed E-state index contributed by atoms with van der Waals surface area (Å²) in [4.78, 5) is 16.1. The first-order valence-electron chi connectivity index (χ1n) is 6.83. The van der Waals surface area contributed by atoms with E-state index in [9.17, 15) is 4.79 Å². The Bertz CT molecular complexity index is 677. The molecule has 2 aromatic rings. The number of aryl methyl sites for hydroxylation is 1. The molecule has 0 unspecified atom stereocenters. The lowest BCUT2D eigenvalue weighted by molar-refractivity contribution is 0.0636. The summed E-state index contributed by atoms with van der Waals surface area (Å²) in [5, 5.41) is 12.5. The number of hydrogen-bond acceptors (Lipinski definition) is 6. The zero-order valence-corrected chi connectivity index (χ0v) is 13.8. The molecule has 7 heteroatoms. The minimum Gasteiger partial charge on any atom is -0.444 e. The Kier molecular flexibility index (Phi) is 4.77. The second kappa shape index (κ2) is 6.41. The molecule has 6 nitrogen and oxygen atoms in total. The molecule has 0 saturated heterocycles. The first kappa shape index (κ1) is 16.4. The molecular weight excluding hydrogens is 302 g/mol. The molecule has 0 atom stereocenters. The summed E-state index contributed by atoms with van der Waals surface area (Å²) in [6, 6.07) is 5.61. The van der Waals surface area contributed by atoms with Gasteiger partial charge in [-0.15, -0.1) is 0 Å². The highest BCUT2D eigenvalue weighted by Gasteiger charge is 2.17. The highest BCUT2D eigenvalue weighted by Crippen LogP contribution is 2.27. The molecule has 1 aromatic carbocycles. The summed E-state index contributed by atoms with van der Waals surface area (Å²) in [5.74, 6) is 0.391. The van der Waals surface area contributed by atoms with Crippen LogP contribution in [0.4, 0.5) is 10.5 Å². The highest BCUT2D eigenvalue weighted by molar-refractivity contribution is 7.09. The van der Waals surface area contributed by atoms with Crippen molar-refractivity contribution in [2.24, 2.45) is 0 Å². The van der Waals surface area contributed by atoms with Gasteiger partial charge in [-0.05, 0) is 50.9 Å². The van der Waals surface area contributed by atoms with Crippen LogP contribution < -0.4 is 5.32 Å². The maximum atomic E-state index is 11.9. The van der Waals surface area contributed by atoms with Crippen molar-refractivity contribution in [1.29, 1.82) is 0 Å². The summed E-state index contributed by atoms with van der Waals surface area (Å²) in [7, 11) is 0. The van der Waals surface area contributed by atoms with Crippen molar-refractivity contribution in [3.05, 3.63) is 29.6 Å². The zero-order chi connectivity index (χ0) is 16.3. The molecule has 1 heterocycles. The van der Waals surface area contributed by atoms with Gasteiger partial charge in [0.1, 0.15) is 17.2 Å². The molecule has 0 aliphatic heterocycles. The fourth-order valence-corrected chi connectivity index (χ4v) is 2.41. The van der Waals surface area contributed by atoms with E-state index in [1.807, 2.05) is 45.9 Å². The number of benzene rings is 1. The summed E-state index contributed by atoms with van der Waals surface area (Å²) in [5.41, 5.74) is 1.85. The second-order valence-corrected chi connectivity index (χ2v) is 6.58. The van der Waals surface area contributed by atoms with E-state index in [2.05, 4.69) is 14.7 Å². The lowest BCUT2D eigenvalue weighted by atomic mass is 10.1. The quantitative estimate of drug-likeness (QED) is 0.905. The van der Waals surface area contributed by atoms with Gasteiger partial charge in [0.05, 0.1) is 0 Å². The minimum atomic E-state index is -0.551. The highest BCUT2D eigenvalue weighted by atomic mass is 32.1. The Morgan fingerprint density at radius 2 is 2.14 bits per heavy atom. The van der Waals surface area contributed by atoms with Crippen molar-refractivity contribution in [1.82, 2.24) is 9.36 Å². The van der Waals surface area contributed by atoms with Gasteiger partial charge in [-0.25, -0.2) is 9.78 Å². The molecule has 1 amide bonds. The Morgan fingerprint density at radius 3 is 2.73 bits per heavy atom. The van der Waals surface area contributed by atoms with E-state index in [-0.39, 0.29) is 6.61 Å². The standard InChI is InChI=1S/C15H19N3O3S/c1-9-5-6-10(13-17-12(8-19)18-22-13)7-11(9)16-14(20)21-15(2,3)4/h5-7,19H,8H2,1-4H3,(H,16,20). The second-order valence-electron chi connectivity index (χ2n) is 5.83. The van der Waals surface area contributed by atoms with Gasteiger partial charge < -0.3 is 9.84 Å². The topological polar surface area (TPSA) is 84.3 Å². The Hall–Kier alpha value is -1.99. The predicted octanol–water partition coefficient (Wildman–Crippen LogP) is 3.35. The van der Waals surface area contributed by atoms with Crippen LogP contribution in [-0.2, 0) is 11.3 Å². The SMILES string of the molecule is Cc1ccc(-c2nc(CO)ns2)cc1NC(=O)OC(C)(C)C. The fourth-order valence-electron chi connectivity index (χ4n) is 1.74. The first-order valence-corrected chi connectivity index (χ1v) is 7.60. The average Bonchev–Trinajstić information content (AvgIpc) is 2.88. The van der Waals surface area contributed by atoms with Crippen LogP contribution in [0.3, 0.4) is 0 Å². The summed E-state index contributed by atoms with van der Waals surface area (Å²) in [6.07, 6.45) is -0.499. The molecule has 2 N–H and O–H groups in total. The fraction of sp³-hybridized carbons (Fsp3) is 0.400. The predicted molar refractivity (Wildman–Crippen MR) is 85.9 cm³/mol. The third-order valence-electron chi connectivity index (χ3n) is 2.73. The molecule has 0 spiro atoms. The molecule has 0 saturated carbocycles. The molecule has 0 radical (unpaired) electrons. The Morgan fingerprint density at radius 1 is 1.41 bits per heavy atom. The van der Waals surface area contributed by atoms with Crippen LogP contribution in [0.5, 0.6) is 0 Å². The van der Waals surface area contributed by atoms with Gasteiger partial charge in [0.15, 0.2) is 5.82 Å². The molecule has 0 aliphatic carbocycles. The van der Waals surface area contributed by atoms with Crippen LogP contribution in [0.2, 0.25) is 0 Å². The smallest absolute Gasteiger partial charge is 0.412 e. The first-order chi connectivity index (χ1) is 10.3. The van der Waals surface area contributed by atoms with E-state index < -0.39 is 11.7 Å². The van der Waals surface area contributed by atoms with Crippen molar-refractivity contribution >= 4 is 23.3 Å². The Balaban J connectivity index is 2.21.